The van der Waals surface area contributed by atoms with Crippen LogP contribution in [0.4, 0.5) is 0 Å². The molecular formula is C58H41BO2. The molecule has 0 spiro atoms. The van der Waals surface area contributed by atoms with E-state index in [1.165, 1.54) is 71.3 Å². The molecule has 0 saturated heterocycles. The zero-order valence-electron chi connectivity index (χ0n) is 34.1. The van der Waals surface area contributed by atoms with Gasteiger partial charge in [-0.3, -0.25) is 0 Å². The molecule has 2 nitrogen and oxygen atoms in total. The molecule has 11 aromatic rings. The highest BCUT2D eigenvalue weighted by Gasteiger charge is 2.25. The first-order valence-corrected chi connectivity index (χ1v) is 21.0. The highest BCUT2D eigenvalue weighted by molar-refractivity contribution is 6.64. The Morgan fingerprint density at radius 3 is 1.61 bits per heavy atom. The first kappa shape index (κ1) is 36.6. The lowest BCUT2D eigenvalue weighted by Crippen LogP contribution is -2.37. The molecule has 0 atom stereocenters. The van der Waals surface area contributed by atoms with Crippen LogP contribution in [0.15, 0.2) is 206 Å². The molecule has 0 heterocycles. The van der Waals surface area contributed by atoms with Crippen molar-refractivity contribution in [2.75, 3.05) is 0 Å². The van der Waals surface area contributed by atoms with Crippen molar-refractivity contribution in [1.82, 2.24) is 0 Å². The van der Waals surface area contributed by atoms with Crippen molar-refractivity contribution in [3.63, 3.8) is 0 Å². The Morgan fingerprint density at radius 2 is 0.885 bits per heavy atom. The summed E-state index contributed by atoms with van der Waals surface area (Å²) >= 11 is 0. The van der Waals surface area contributed by atoms with Crippen LogP contribution in [-0.4, -0.2) is 12.1 Å². The molecule has 11 aromatic carbocycles. The van der Waals surface area contributed by atoms with Crippen LogP contribution in [0.2, 0.25) is 0 Å². The minimum Gasteiger partial charge on any atom is -0.532 e. The predicted octanol–water partition coefficient (Wildman–Crippen LogP) is 14.5. The van der Waals surface area contributed by atoms with Gasteiger partial charge in [-0.2, -0.15) is 0 Å². The quantitative estimate of drug-likeness (QED) is 0.129. The predicted molar refractivity (Wildman–Crippen MR) is 260 cm³/mol. The van der Waals surface area contributed by atoms with Gasteiger partial charge in [-0.05, 0) is 125 Å². The lowest BCUT2D eigenvalue weighted by atomic mass is 9.75. The maximum Gasteiger partial charge on any atom is 0.560 e. The number of hydrogen-bond acceptors (Lipinski definition) is 2. The number of aryl methyl sites for hydroxylation is 2. The summed E-state index contributed by atoms with van der Waals surface area (Å²) in [5.74, 6) is 0.631. The van der Waals surface area contributed by atoms with Gasteiger partial charge in [-0.15, -0.1) is 0 Å². The monoisotopic (exact) mass is 780 g/mol. The molecule has 0 saturated carbocycles. The fourth-order valence-corrected chi connectivity index (χ4v) is 9.56. The fourth-order valence-electron chi connectivity index (χ4n) is 9.56. The highest BCUT2D eigenvalue weighted by atomic mass is 16.5. The van der Waals surface area contributed by atoms with Gasteiger partial charge in [0.2, 0.25) is 0 Å². The van der Waals surface area contributed by atoms with E-state index in [1.807, 2.05) is 30.3 Å². The van der Waals surface area contributed by atoms with Gasteiger partial charge in [0.25, 0.3) is 0 Å². The first-order valence-electron chi connectivity index (χ1n) is 21.0. The van der Waals surface area contributed by atoms with E-state index in [9.17, 15) is 5.02 Å². The fraction of sp³-hybridized carbons (Fsp3) is 0.0345. The summed E-state index contributed by atoms with van der Waals surface area (Å²) in [6.07, 6.45) is 0. The largest absolute Gasteiger partial charge is 0.560 e. The van der Waals surface area contributed by atoms with Gasteiger partial charge in [-0.25, -0.2) is 0 Å². The Hall–Kier alpha value is -7.46. The molecule has 0 bridgehead atoms. The van der Waals surface area contributed by atoms with Crippen molar-refractivity contribution >= 4 is 66.4 Å². The van der Waals surface area contributed by atoms with Crippen molar-refractivity contribution in [2.24, 2.45) is 0 Å². The Kier molecular flexibility index (Phi) is 8.99. The zero-order valence-corrected chi connectivity index (χ0v) is 34.1. The molecule has 0 radical (unpaired) electrons. The van der Waals surface area contributed by atoms with E-state index in [-0.39, 0.29) is 0 Å². The third-order valence-corrected chi connectivity index (χ3v) is 12.5. The van der Waals surface area contributed by atoms with Crippen molar-refractivity contribution < 1.29 is 9.68 Å². The minimum atomic E-state index is -1.15. The summed E-state index contributed by atoms with van der Waals surface area (Å²) in [7, 11) is -1.15. The van der Waals surface area contributed by atoms with Gasteiger partial charge >= 0.3 is 7.12 Å². The molecule has 0 aliphatic carbocycles. The smallest absolute Gasteiger partial charge is 0.532 e. The molecule has 11 rings (SSSR count). The van der Waals surface area contributed by atoms with Gasteiger partial charge in [-0.1, -0.05) is 200 Å². The maximum atomic E-state index is 11.7. The number of benzene rings is 11. The first-order chi connectivity index (χ1) is 30.0. The van der Waals surface area contributed by atoms with Crippen LogP contribution < -0.4 is 10.1 Å². The molecule has 61 heavy (non-hydrogen) atoms. The lowest BCUT2D eigenvalue weighted by molar-refractivity contribution is 0.436. The van der Waals surface area contributed by atoms with Crippen molar-refractivity contribution in [2.45, 2.75) is 13.8 Å². The minimum absolute atomic E-state index is 0.631. The molecule has 0 aliphatic heterocycles. The number of rotatable bonds is 7. The summed E-state index contributed by atoms with van der Waals surface area (Å²) < 4.78 is 6.53. The van der Waals surface area contributed by atoms with Crippen molar-refractivity contribution in [3.8, 4) is 50.3 Å². The molecule has 0 amide bonds. The summed E-state index contributed by atoms with van der Waals surface area (Å²) in [5.41, 5.74) is 12.6. The summed E-state index contributed by atoms with van der Waals surface area (Å²) in [6, 6.07) is 73.6. The van der Waals surface area contributed by atoms with Gasteiger partial charge in [0.1, 0.15) is 5.75 Å². The van der Waals surface area contributed by atoms with E-state index in [1.54, 1.807) is 0 Å². The van der Waals surface area contributed by atoms with Gasteiger partial charge in [0.15, 0.2) is 0 Å². The zero-order chi connectivity index (χ0) is 41.0. The van der Waals surface area contributed by atoms with E-state index >= 15 is 0 Å². The molecule has 0 aliphatic rings. The van der Waals surface area contributed by atoms with Crippen LogP contribution in [0.25, 0.3) is 98.4 Å². The van der Waals surface area contributed by atoms with Crippen LogP contribution >= 0.6 is 0 Å². The SMILES string of the molecule is Cc1ccc(-c2cccc3c(-c4ccc5c(-c6ccccc6)c6ccccc6c(-c6ccc(OB(O)c7ccc(C)c8ccccc78)c7ccccc67)c5c4)cccc23)cc1. The van der Waals surface area contributed by atoms with E-state index in [4.69, 9.17) is 4.65 Å². The van der Waals surface area contributed by atoms with E-state index in [2.05, 4.69) is 190 Å². The molecule has 3 heteroatoms. The summed E-state index contributed by atoms with van der Waals surface area (Å²) in [6.45, 7) is 4.23. The molecule has 0 aromatic heterocycles. The summed E-state index contributed by atoms with van der Waals surface area (Å²) in [5, 5.41) is 23.0. The normalized spacial score (nSPS) is 11.5. The lowest BCUT2D eigenvalue weighted by Gasteiger charge is -2.21. The molecular weight excluding hydrogens is 739 g/mol. The third-order valence-electron chi connectivity index (χ3n) is 12.5. The second-order valence-electron chi connectivity index (χ2n) is 16.1. The standard InChI is InChI=1S/C58H41BO2/c1-37-26-29-39(30-27-37)43-22-12-25-46-44(23-13-24-45(43)46)41-31-32-53-54(36-41)58(51-21-11-10-20-50(51)57(53)40-14-4-3-5-15-40)52-33-35-56(49-19-9-7-17-47(49)52)61-59(60)55-34-28-38(2)42-16-6-8-18-48(42)55/h3-36,60H,1-2H3. The van der Waals surface area contributed by atoms with Gasteiger partial charge < -0.3 is 9.68 Å². The molecule has 288 valence electrons. The Morgan fingerprint density at radius 1 is 0.344 bits per heavy atom. The van der Waals surface area contributed by atoms with Crippen molar-refractivity contribution in [3.05, 3.63) is 217 Å². The summed E-state index contributed by atoms with van der Waals surface area (Å²) in [4.78, 5) is 0. The highest BCUT2D eigenvalue weighted by Crippen LogP contribution is 2.48. The van der Waals surface area contributed by atoms with Crippen LogP contribution in [0.5, 0.6) is 5.75 Å². The van der Waals surface area contributed by atoms with Crippen LogP contribution in [0.1, 0.15) is 11.1 Å². The average molecular weight is 781 g/mol. The van der Waals surface area contributed by atoms with Crippen molar-refractivity contribution in [1.29, 1.82) is 0 Å². The van der Waals surface area contributed by atoms with E-state index in [0.29, 0.717) is 5.75 Å². The van der Waals surface area contributed by atoms with E-state index in [0.717, 1.165) is 43.7 Å². The van der Waals surface area contributed by atoms with Crippen LogP contribution in [-0.2, 0) is 0 Å². The topological polar surface area (TPSA) is 29.5 Å². The molecule has 0 unspecified atom stereocenters. The Bertz CT molecular complexity index is 3480. The molecule has 0 fully saturated rings. The Labute approximate surface area is 356 Å². The van der Waals surface area contributed by atoms with Gasteiger partial charge in [0, 0.05) is 10.8 Å². The number of hydrogen-bond donors (Lipinski definition) is 1. The van der Waals surface area contributed by atoms with Gasteiger partial charge in [0.05, 0.1) is 0 Å². The van der Waals surface area contributed by atoms with E-state index < -0.39 is 7.12 Å². The second kappa shape index (κ2) is 15.0. The average Bonchev–Trinajstić information content (AvgIpc) is 3.31. The second-order valence-corrected chi connectivity index (χ2v) is 16.1. The third kappa shape index (κ3) is 6.25. The van der Waals surface area contributed by atoms with Crippen LogP contribution in [0, 0.1) is 13.8 Å². The maximum absolute atomic E-state index is 11.7. The van der Waals surface area contributed by atoms with Crippen LogP contribution in [0.3, 0.4) is 0 Å². The Balaban J connectivity index is 1.14. The molecule has 1 N–H and O–H groups in total. The number of fused-ring (bicyclic) bond motifs is 5.